The molecule has 22 heavy (non-hydrogen) atoms. The van der Waals surface area contributed by atoms with Crippen LogP contribution in [0.25, 0.3) is 6.08 Å². The van der Waals surface area contributed by atoms with Crippen LogP contribution in [0.15, 0.2) is 16.8 Å². The van der Waals surface area contributed by atoms with E-state index in [0.717, 1.165) is 23.5 Å². The lowest BCUT2D eigenvalue weighted by atomic mass is 10.0. The van der Waals surface area contributed by atoms with Crippen LogP contribution in [0, 0.1) is 13.8 Å². The molecule has 2 N–H and O–H groups in total. The van der Waals surface area contributed by atoms with Gasteiger partial charge in [-0.05, 0) is 44.7 Å². The molecule has 2 rings (SSSR count). The second-order valence-corrected chi connectivity index (χ2v) is 7.14. The van der Waals surface area contributed by atoms with Crippen LogP contribution in [-0.2, 0) is 6.42 Å². The first-order valence-electron chi connectivity index (χ1n) is 7.32. The zero-order chi connectivity index (χ0) is 15.6. The van der Waals surface area contributed by atoms with Gasteiger partial charge in [-0.1, -0.05) is 31.9 Å². The highest BCUT2D eigenvalue weighted by molar-refractivity contribution is 9.09. The van der Waals surface area contributed by atoms with Gasteiger partial charge in [0.15, 0.2) is 5.71 Å². The first kappa shape index (κ1) is 19.9. The van der Waals surface area contributed by atoms with Gasteiger partial charge in [0.05, 0.1) is 0 Å². The molecule has 0 saturated carbocycles. The molecule has 2 nitrogen and oxygen atoms in total. The highest BCUT2D eigenvalue weighted by Gasteiger charge is 2.24. The Labute approximate surface area is 160 Å². The van der Waals surface area contributed by atoms with Crippen LogP contribution in [0.5, 0.6) is 0 Å². The number of allylic oxidation sites excluding steroid dienone is 2. The summed E-state index contributed by atoms with van der Waals surface area (Å²) in [6.07, 6.45) is 4.39. The van der Waals surface area contributed by atoms with Gasteiger partial charge in [0.1, 0.15) is 0 Å². The molecule has 1 aliphatic rings. The average molecular weight is 495 g/mol. The minimum absolute atomic E-state index is 0. The van der Waals surface area contributed by atoms with E-state index in [1.165, 1.54) is 45.1 Å². The van der Waals surface area contributed by atoms with Crippen molar-refractivity contribution in [2.75, 3.05) is 10.7 Å². The van der Waals surface area contributed by atoms with Crippen molar-refractivity contribution in [3.63, 3.8) is 0 Å². The SMILES string of the molecule is CC1=[NH+]/C(=C\c2[nH]c(C)c(CCBr)c2C)C(C)=C1CCBr.[Br-]. The normalized spacial score (nSPS) is 16.3. The number of alkyl halides is 2. The van der Waals surface area contributed by atoms with Gasteiger partial charge in [-0.3, -0.25) is 0 Å². The molecule has 122 valence electrons. The lowest BCUT2D eigenvalue weighted by Crippen LogP contribution is -3.00. The van der Waals surface area contributed by atoms with Crippen molar-refractivity contribution < 1.29 is 22.0 Å². The topological polar surface area (TPSA) is 29.8 Å². The van der Waals surface area contributed by atoms with Gasteiger partial charge in [0.25, 0.3) is 0 Å². The molecular weight excluding hydrogens is 472 g/mol. The van der Waals surface area contributed by atoms with Crippen LogP contribution >= 0.6 is 31.9 Å². The van der Waals surface area contributed by atoms with Crippen LogP contribution in [0.3, 0.4) is 0 Å². The first-order chi connectivity index (χ1) is 9.99. The molecule has 0 fully saturated rings. The third-order valence-electron chi connectivity index (χ3n) is 4.24. The van der Waals surface area contributed by atoms with Crippen molar-refractivity contribution in [3.05, 3.63) is 39.4 Å². The number of aromatic amines is 1. The van der Waals surface area contributed by atoms with Crippen molar-refractivity contribution in [1.82, 2.24) is 4.98 Å². The van der Waals surface area contributed by atoms with Gasteiger partial charge in [0, 0.05) is 46.2 Å². The van der Waals surface area contributed by atoms with Crippen LogP contribution in [0.4, 0.5) is 0 Å². The quantitative estimate of drug-likeness (QED) is 0.561. The Morgan fingerprint density at radius 2 is 1.68 bits per heavy atom. The predicted molar refractivity (Wildman–Crippen MR) is 98.5 cm³/mol. The zero-order valence-electron chi connectivity index (χ0n) is 13.5. The van der Waals surface area contributed by atoms with Crippen LogP contribution in [-0.4, -0.2) is 21.4 Å². The van der Waals surface area contributed by atoms with Crippen molar-refractivity contribution in [3.8, 4) is 0 Å². The Kier molecular flexibility index (Phi) is 7.83. The van der Waals surface area contributed by atoms with E-state index in [1.54, 1.807) is 0 Å². The smallest absolute Gasteiger partial charge is 0.209 e. The number of H-pyrrole nitrogens is 1. The van der Waals surface area contributed by atoms with E-state index >= 15 is 0 Å². The molecule has 0 radical (unpaired) electrons. The second-order valence-electron chi connectivity index (χ2n) is 5.56. The van der Waals surface area contributed by atoms with E-state index < -0.39 is 0 Å². The highest BCUT2D eigenvalue weighted by atomic mass is 79.9. The molecule has 0 saturated heterocycles. The van der Waals surface area contributed by atoms with E-state index in [0.29, 0.717) is 0 Å². The third-order valence-corrected chi connectivity index (χ3v) is 5.03. The summed E-state index contributed by atoms with van der Waals surface area (Å²) in [7, 11) is 0. The number of hydrogen-bond acceptors (Lipinski definition) is 0. The largest absolute Gasteiger partial charge is 1.00 e. The van der Waals surface area contributed by atoms with Gasteiger partial charge in [-0.25, -0.2) is 4.99 Å². The van der Waals surface area contributed by atoms with E-state index in [2.05, 4.69) is 75.6 Å². The Morgan fingerprint density at radius 1 is 1.05 bits per heavy atom. The molecule has 0 aromatic carbocycles. The summed E-state index contributed by atoms with van der Waals surface area (Å²) in [6.45, 7) is 8.73. The standard InChI is InChI=1S/C17H22Br2N2.BrH/c1-10-14(5-7-18)12(3)20-16(10)9-17-11(2)15(6-8-19)13(4)21-17;/h9,20H,5-8H2,1-4H3;1H/b17-9-;. The summed E-state index contributed by atoms with van der Waals surface area (Å²) >= 11 is 7.08. The molecule has 5 heteroatoms. The first-order valence-corrected chi connectivity index (χ1v) is 9.56. The summed E-state index contributed by atoms with van der Waals surface area (Å²) in [5.41, 5.74) is 10.6. The molecule has 0 atom stereocenters. The molecule has 0 aliphatic carbocycles. The summed E-state index contributed by atoms with van der Waals surface area (Å²) in [5.74, 6) is 0. The Bertz CT molecular complexity index is 637. The van der Waals surface area contributed by atoms with Crippen molar-refractivity contribution in [2.45, 2.75) is 40.5 Å². The zero-order valence-corrected chi connectivity index (χ0v) is 18.3. The number of nitrogens with one attached hydrogen (secondary N) is 2. The number of hydrogen-bond donors (Lipinski definition) is 2. The molecular formula is C17H23Br3N2. The van der Waals surface area contributed by atoms with Crippen LogP contribution in [0.2, 0.25) is 0 Å². The molecule has 1 aromatic rings. The fourth-order valence-electron chi connectivity index (χ4n) is 3.00. The molecule has 0 unspecified atom stereocenters. The van der Waals surface area contributed by atoms with E-state index in [-0.39, 0.29) is 17.0 Å². The maximum atomic E-state index is 3.54. The van der Waals surface area contributed by atoms with Gasteiger partial charge in [-0.2, -0.15) is 0 Å². The van der Waals surface area contributed by atoms with Crippen LogP contribution in [0.1, 0.15) is 42.8 Å². The molecule has 0 bridgehead atoms. The highest BCUT2D eigenvalue weighted by Crippen LogP contribution is 2.24. The Hall–Kier alpha value is -0.130. The third kappa shape index (κ3) is 4.04. The number of halogens is 3. The molecule has 2 heterocycles. The molecule has 0 spiro atoms. The Balaban J connectivity index is 0.00000242. The summed E-state index contributed by atoms with van der Waals surface area (Å²) in [5, 5.41) is 2.00. The fourth-order valence-corrected chi connectivity index (χ4v) is 3.80. The minimum Gasteiger partial charge on any atom is -1.00 e. The number of aryl methyl sites for hydroxylation is 1. The molecule has 1 aromatic heterocycles. The maximum Gasteiger partial charge on any atom is 0.209 e. The van der Waals surface area contributed by atoms with E-state index in [9.17, 15) is 0 Å². The summed E-state index contributed by atoms with van der Waals surface area (Å²) < 4.78 is 0. The number of rotatable bonds is 5. The monoisotopic (exact) mass is 492 g/mol. The fraction of sp³-hybridized carbons (Fsp3) is 0.471. The van der Waals surface area contributed by atoms with Gasteiger partial charge < -0.3 is 22.0 Å². The molecule has 0 amide bonds. The Morgan fingerprint density at radius 3 is 2.27 bits per heavy atom. The molecule has 1 aliphatic heterocycles. The summed E-state index contributed by atoms with van der Waals surface area (Å²) in [4.78, 5) is 7.06. The van der Waals surface area contributed by atoms with Gasteiger partial charge >= 0.3 is 0 Å². The van der Waals surface area contributed by atoms with E-state index in [1.807, 2.05) is 0 Å². The predicted octanol–water partition coefficient (Wildman–Crippen LogP) is 0.570. The van der Waals surface area contributed by atoms with Crippen molar-refractivity contribution in [1.29, 1.82) is 0 Å². The van der Waals surface area contributed by atoms with Gasteiger partial charge in [-0.15, -0.1) is 0 Å². The van der Waals surface area contributed by atoms with Crippen LogP contribution < -0.4 is 22.0 Å². The lowest BCUT2D eigenvalue weighted by Gasteiger charge is -1.98. The van der Waals surface area contributed by atoms with Crippen molar-refractivity contribution in [2.24, 2.45) is 0 Å². The average Bonchev–Trinajstić information content (AvgIpc) is 2.85. The second kappa shape index (κ2) is 8.65. The summed E-state index contributed by atoms with van der Waals surface area (Å²) in [6, 6.07) is 0. The van der Waals surface area contributed by atoms with Gasteiger partial charge in [0.2, 0.25) is 5.70 Å². The lowest BCUT2D eigenvalue weighted by molar-refractivity contribution is -0.386. The maximum absolute atomic E-state index is 3.54. The van der Waals surface area contributed by atoms with Crippen molar-refractivity contribution >= 4 is 43.6 Å². The van der Waals surface area contributed by atoms with E-state index in [4.69, 9.17) is 0 Å². The number of aromatic nitrogens is 1. The minimum atomic E-state index is 0.